The quantitative estimate of drug-likeness (QED) is 0.440. The van der Waals surface area contributed by atoms with Crippen molar-refractivity contribution in [2.75, 3.05) is 11.9 Å². The molecule has 150 valence electrons. The topological polar surface area (TPSA) is 89.3 Å². The highest BCUT2D eigenvalue weighted by Gasteiger charge is 2.13. The molecule has 0 bridgehead atoms. The summed E-state index contributed by atoms with van der Waals surface area (Å²) in [5.74, 6) is 0.452. The van der Waals surface area contributed by atoms with Crippen LogP contribution < -0.4 is 10.6 Å². The molecule has 0 aliphatic carbocycles. The van der Waals surface area contributed by atoms with Crippen LogP contribution in [0.25, 0.3) is 11.4 Å². The molecule has 1 heterocycles. The Kier molecular flexibility index (Phi) is 6.79. The first kappa shape index (κ1) is 20.8. The molecule has 0 spiro atoms. The number of anilines is 1. The molecule has 2 aromatic carbocycles. The maximum Gasteiger partial charge on any atom is 0.339 e. The monoisotopic (exact) mass is 430 g/mol. The molecule has 0 aliphatic rings. The molecule has 0 fully saturated rings. The lowest BCUT2D eigenvalue weighted by molar-refractivity contribution is 0.0526. The first-order valence-corrected chi connectivity index (χ1v) is 9.66. The molecule has 0 amide bonds. The summed E-state index contributed by atoms with van der Waals surface area (Å²) in [5, 5.41) is 10.6. The minimum Gasteiger partial charge on any atom is -0.462 e. The molecule has 1 aromatic heterocycles. The van der Waals surface area contributed by atoms with Crippen LogP contribution in [0.1, 0.15) is 28.7 Å². The molecule has 7 nitrogen and oxygen atoms in total. The van der Waals surface area contributed by atoms with Gasteiger partial charge in [-0.2, -0.15) is 4.98 Å². The van der Waals surface area contributed by atoms with Gasteiger partial charge in [0, 0.05) is 11.3 Å². The second kappa shape index (κ2) is 9.49. The van der Waals surface area contributed by atoms with Gasteiger partial charge in [-0.3, -0.25) is 0 Å². The Morgan fingerprint density at radius 1 is 1.24 bits per heavy atom. The summed E-state index contributed by atoms with van der Waals surface area (Å²) < 4.78 is 10.2. The smallest absolute Gasteiger partial charge is 0.339 e. The van der Waals surface area contributed by atoms with E-state index >= 15 is 0 Å². The van der Waals surface area contributed by atoms with Crippen LogP contribution in [0.3, 0.4) is 0 Å². The second-order valence-corrected chi connectivity index (χ2v) is 6.92. The van der Waals surface area contributed by atoms with Crippen LogP contribution in [0.2, 0.25) is 5.02 Å². The zero-order valence-corrected chi connectivity index (χ0v) is 17.4. The zero-order valence-electron chi connectivity index (χ0n) is 15.9. The number of hydrogen-bond acceptors (Lipinski definition) is 6. The van der Waals surface area contributed by atoms with Crippen LogP contribution in [-0.4, -0.2) is 27.8 Å². The van der Waals surface area contributed by atoms with Crippen molar-refractivity contribution in [3.05, 3.63) is 64.5 Å². The van der Waals surface area contributed by atoms with Gasteiger partial charge in [-0.05, 0) is 44.3 Å². The number of thiocarbonyl (C=S) groups is 1. The van der Waals surface area contributed by atoms with E-state index < -0.39 is 5.97 Å². The standard InChI is InChI=1S/C20H19ClN4O3S/c1-3-27-19(26)15-9-8-14(10-16(15)21)23-20(29)22-11-17-24-18(25-28-17)13-6-4-12(2)5-7-13/h4-10H,3,11H2,1-2H3,(H2,22,23,29). The number of hydrogen-bond donors (Lipinski definition) is 2. The maximum absolute atomic E-state index is 11.8. The number of rotatable bonds is 6. The number of carbonyl (C=O) groups is 1. The molecule has 0 saturated carbocycles. The summed E-state index contributed by atoms with van der Waals surface area (Å²) in [6, 6.07) is 12.7. The van der Waals surface area contributed by atoms with E-state index in [0.717, 1.165) is 11.1 Å². The van der Waals surface area contributed by atoms with Crippen molar-refractivity contribution in [2.45, 2.75) is 20.4 Å². The third-order valence-electron chi connectivity index (χ3n) is 3.90. The van der Waals surface area contributed by atoms with Gasteiger partial charge in [0.25, 0.3) is 0 Å². The van der Waals surface area contributed by atoms with E-state index in [4.69, 9.17) is 33.1 Å². The lowest BCUT2D eigenvalue weighted by Crippen LogP contribution is -2.28. The molecule has 9 heteroatoms. The van der Waals surface area contributed by atoms with Gasteiger partial charge in [0.05, 0.1) is 23.7 Å². The number of halogens is 1. The van der Waals surface area contributed by atoms with Crippen LogP contribution in [-0.2, 0) is 11.3 Å². The van der Waals surface area contributed by atoms with Crippen LogP contribution in [0.5, 0.6) is 0 Å². The van der Waals surface area contributed by atoms with Gasteiger partial charge < -0.3 is 19.9 Å². The summed E-state index contributed by atoms with van der Waals surface area (Å²) in [5.41, 5.74) is 2.97. The number of aromatic nitrogens is 2. The normalized spacial score (nSPS) is 10.4. The van der Waals surface area contributed by atoms with E-state index in [-0.39, 0.29) is 18.2 Å². The first-order chi connectivity index (χ1) is 14.0. The SMILES string of the molecule is CCOC(=O)c1ccc(NC(=S)NCc2nc(-c3ccc(C)cc3)no2)cc1Cl. The largest absolute Gasteiger partial charge is 0.462 e. The maximum atomic E-state index is 11.8. The van der Waals surface area contributed by atoms with Crippen molar-refractivity contribution in [1.82, 2.24) is 15.5 Å². The highest BCUT2D eigenvalue weighted by molar-refractivity contribution is 7.80. The fourth-order valence-corrected chi connectivity index (χ4v) is 2.89. The van der Waals surface area contributed by atoms with Crippen molar-refractivity contribution in [3.8, 4) is 11.4 Å². The third kappa shape index (κ3) is 5.52. The lowest BCUT2D eigenvalue weighted by Gasteiger charge is -2.10. The second-order valence-electron chi connectivity index (χ2n) is 6.10. The fourth-order valence-electron chi connectivity index (χ4n) is 2.44. The van der Waals surface area contributed by atoms with Crippen molar-refractivity contribution >= 4 is 40.6 Å². The van der Waals surface area contributed by atoms with Crippen LogP contribution >= 0.6 is 23.8 Å². The van der Waals surface area contributed by atoms with Gasteiger partial charge in [-0.15, -0.1) is 0 Å². The predicted molar refractivity (Wildman–Crippen MR) is 115 cm³/mol. The molecule has 29 heavy (non-hydrogen) atoms. The lowest BCUT2D eigenvalue weighted by atomic mass is 10.1. The average Bonchev–Trinajstić information content (AvgIpc) is 3.16. The zero-order chi connectivity index (χ0) is 20.8. The summed E-state index contributed by atoms with van der Waals surface area (Å²) in [6.07, 6.45) is 0. The number of carbonyl (C=O) groups excluding carboxylic acids is 1. The summed E-state index contributed by atoms with van der Waals surface area (Å²) in [4.78, 5) is 16.1. The summed E-state index contributed by atoms with van der Waals surface area (Å²) >= 11 is 11.4. The van der Waals surface area contributed by atoms with Crippen LogP contribution in [0.15, 0.2) is 47.0 Å². The number of nitrogens with one attached hydrogen (secondary N) is 2. The summed E-state index contributed by atoms with van der Waals surface area (Å²) in [7, 11) is 0. The van der Waals surface area contributed by atoms with Crippen molar-refractivity contribution in [1.29, 1.82) is 0 Å². The van der Waals surface area contributed by atoms with E-state index in [2.05, 4.69) is 20.8 Å². The molecular weight excluding hydrogens is 412 g/mol. The Labute approximate surface area is 178 Å². The molecule has 0 saturated heterocycles. The van der Waals surface area contributed by atoms with E-state index in [1.165, 1.54) is 0 Å². The Morgan fingerprint density at radius 2 is 2.00 bits per heavy atom. The molecule has 0 atom stereocenters. The van der Waals surface area contributed by atoms with E-state index in [1.807, 2.05) is 31.2 Å². The molecular formula is C20H19ClN4O3S. The van der Waals surface area contributed by atoms with E-state index in [1.54, 1.807) is 25.1 Å². The van der Waals surface area contributed by atoms with E-state index in [0.29, 0.717) is 28.1 Å². The van der Waals surface area contributed by atoms with E-state index in [9.17, 15) is 4.79 Å². The first-order valence-electron chi connectivity index (χ1n) is 8.87. The Balaban J connectivity index is 1.56. The van der Waals surface area contributed by atoms with Crippen molar-refractivity contribution < 1.29 is 14.1 Å². The predicted octanol–water partition coefficient (Wildman–Crippen LogP) is 4.36. The molecule has 0 radical (unpaired) electrons. The molecule has 3 rings (SSSR count). The van der Waals surface area contributed by atoms with Gasteiger partial charge >= 0.3 is 5.97 Å². The summed E-state index contributed by atoms with van der Waals surface area (Å²) in [6.45, 7) is 4.30. The van der Waals surface area contributed by atoms with Gasteiger partial charge in [0.15, 0.2) is 5.11 Å². The third-order valence-corrected chi connectivity index (χ3v) is 4.46. The van der Waals surface area contributed by atoms with Gasteiger partial charge in [-0.1, -0.05) is 46.6 Å². The molecule has 3 aromatic rings. The minimum atomic E-state index is -0.467. The molecule has 0 aliphatic heterocycles. The van der Waals surface area contributed by atoms with Crippen LogP contribution in [0, 0.1) is 6.92 Å². The van der Waals surface area contributed by atoms with Crippen molar-refractivity contribution in [2.24, 2.45) is 0 Å². The number of aryl methyl sites for hydroxylation is 1. The average molecular weight is 431 g/mol. The Hall–Kier alpha value is -2.97. The minimum absolute atomic E-state index is 0.263. The van der Waals surface area contributed by atoms with Gasteiger partial charge in [0.1, 0.15) is 0 Å². The number of ether oxygens (including phenoxy) is 1. The molecule has 2 N–H and O–H groups in total. The Bertz CT molecular complexity index is 1020. The van der Waals surface area contributed by atoms with Gasteiger partial charge in [-0.25, -0.2) is 4.79 Å². The number of nitrogens with zero attached hydrogens (tertiary/aromatic N) is 2. The fraction of sp³-hybridized carbons (Fsp3) is 0.200. The van der Waals surface area contributed by atoms with Crippen molar-refractivity contribution in [3.63, 3.8) is 0 Å². The van der Waals surface area contributed by atoms with Gasteiger partial charge in [0.2, 0.25) is 11.7 Å². The molecule has 0 unspecified atom stereocenters. The van der Waals surface area contributed by atoms with Crippen LogP contribution in [0.4, 0.5) is 5.69 Å². The number of esters is 1. The highest BCUT2D eigenvalue weighted by atomic mass is 35.5. The number of benzene rings is 2. The Morgan fingerprint density at radius 3 is 2.69 bits per heavy atom. The highest BCUT2D eigenvalue weighted by Crippen LogP contribution is 2.22.